The van der Waals surface area contributed by atoms with Crippen LogP contribution in [0.2, 0.25) is 5.02 Å². The van der Waals surface area contributed by atoms with Crippen LogP contribution in [0.3, 0.4) is 0 Å². The first-order valence-electron chi connectivity index (χ1n) is 9.71. The molecule has 0 aliphatic carbocycles. The van der Waals surface area contributed by atoms with Gasteiger partial charge in [-0.1, -0.05) is 23.7 Å². The molecule has 2 heterocycles. The van der Waals surface area contributed by atoms with E-state index >= 15 is 0 Å². The molecule has 0 saturated heterocycles. The van der Waals surface area contributed by atoms with Crippen molar-refractivity contribution in [1.29, 1.82) is 5.26 Å². The number of halogens is 4. The number of hydrogen-bond donors (Lipinski definition) is 1. The van der Waals surface area contributed by atoms with Gasteiger partial charge in [0, 0.05) is 16.9 Å². The number of aromatic nitrogens is 1. The Hall–Kier alpha value is -3.90. The lowest BCUT2D eigenvalue weighted by Gasteiger charge is -2.16. The number of nitriles is 1. The average molecular weight is 470 g/mol. The molecule has 1 aliphatic rings. The molecule has 6 nitrogen and oxygen atoms in total. The first kappa shape index (κ1) is 22.3. The van der Waals surface area contributed by atoms with Gasteiger partial charge in [-0.05, 0) is 54.1 Å². The molecule has 1 N–H and O–H groups in total. The van der Waals surface area contributed by atoms with Crippen molar-refractivity contribution in [2.45, 2.75) is 12.1 Å². The summed E-state index contributed by atoms with van der Waals surface area (Å²) in [5.41, 5.74) is 1.73. The van der Waals surface area contributed by atoms with E-state index in [1.165, 1.54) is 23.3 Å². The first-order valence-corrected chi connectivity index (χ1v) is 10.1. The number of pyridine rings is 1. The first-order chi connectivity index (χ1) is 15.7. The van der Waals surface area contributed by atoms with Crippen molar-refractivity contribution >= 4 is 29.0 Å². The number of hydrogen-bond acceptors (Lipinski definition) is 4. The molecule has 1 atom stereocenters. The van der Waals surface area contributed by atoms with Crippen LogP contribution < -0.4 is 5.32 Å². The molecular formula is C23H15ClF3N5O. The zero-order valence-electron chi connectivity index (χ0n) is 16.8. The maximum Gasteiger partial charge on any atom is 0.416 e. The van der Waals surface area contributed by atoms with Crippen LogP contribution in [-0.2, 0) is 6.18 Å². The van der Waals surface area contributed by atoms with E-state index in [1.54, 1.807) is 36.4 Å². The van der Waals surface area contributed by atoms with Gasteiger partial charge in [-0.3, -0.25) is 4.98 Å². The second kappa shape index (κ2) is 8.92. The van der Waals surface area contributed by atoms with Crippen LogP contribution >= 0.6 is 11.6 Å². The zero-order valence-corrected chi connectivity index (χ0v) is 17.6. The number of amides is 2. The topological polar surface area (TPSA) is 81.4 Å². The largest absolute Gasteiger partial charge is 0.416 e. The Morgan fingerprint density at radius 2 is 1.79 bits per heavy atom. The monoisotopic (exact) mass is 469 g/mol. The van der Waals surface area contributed by atoms with Gasteiger partial charge >= 0.3 is 12.2 Å². The number of nitrogens with one attached hydrogen (secondary N) is 1. The van der Waals surface area contributed by atoms with Crippen LogP contribution in [-0.4, -0.2) is 28.3 Å². The fourth-order valence-corrected chi connectivity index (χ4v) is 3.48. The maximum atomic E-state index is 12.8. The lowest BCUT2D eigenvalue weighted by atomic mass is 9.94. The standard InChI is InChI=1S/C23H15ClF3N5O/c24-17-6-2-15(3-7-17)21-19(20-10-1-14(11-28)12-29-20)13-32(31-21)22(33)30-18-8-4-16(5-9-18)23(25,26)27/h1-10,12,19H,13H2,(H,30,33). The van der Waals surface area contributed by atoms with Gasteiger partial charge in [-0.15, -0.1) is 0 Å². The van der Waals surface area contributed by atoms with Gasteiger partial charge in [0.2, 0.25) is 0 Å². The molecule has 1 aliphatic heterocycles. The number of hydrazone groups is 1. The van der Waals surface area contributed by atoms with Crippen molar-refractivity contribution in [2.75, 3.05) is 11.9 Å². The highest BCUT2D eigenvalue weighted by molar-refractivity contribution is 6.30. The number of anilines is 1. The summed E-state index contributed by atoms with van der Waals surface area (Å²) >= 11 is 5.99. The fraction of sp³-hybridized carbons (Fsp3) is 0.130. The molecule has 2 aromatic carbocycles. The Morgan fingerprint density at radius 1 is 1.09 bits per heavy atom. The van der Waals surface area contributed by atoms with Crippen LogP contribution in [0.1, 0.15) is 28.3 Å². The molecule has 0 bridgehead atoms. The van der Waals surface area contributed by atoms with Crippen LogP contribution in [0, 0.1) is 11.3 Å². The van der Waals surface area contributed by atoms with Crippen molar-refractivity contribution in [3.8, 4) is 6.07 Å². The number of rotatable bonds is 3. The summed E-state index contributed by atoms with van der Waals surface area (Å²) in [6.07, 6.45) is -3.02. The normalized spacial score (nSPS) is 15.7. The SMILES string of the molecule is N#Cc1ccc(C2CN(C(=O)Nc3ccc(C(F)(F)F)cc3)N=C2c2ccc(Cl)cc2)nc1. The molecule has 10 heteroatoms. The third-order valence-electron chi connectivity index (χ3n) is 5.02. The van der Waals surface area contributed by atoms with Gasteiger partial charge in [-0.25, -0.2) is 9.80 Å². The number of urea groups is 1. The molecule has 1 aromatic heterocycles. The van der Waals surface area contributed by atoms with Crippen molar-refractivity contribution in [3.05, 3.63) is 94.3 Å². The predicted molar refractivity (Wildman–Crippen MR) is 117 cm³/mol. The van der Waals surface area contributed by atoms with E-state index < -0.39 is 17.8 Å². The third-order valence-corrected chi connectivity index (χ3v) is 5.28. The number of carbonyl (C=O) groups excluding carboxylic acids is 1. The van der Waals surface area contributed by atoms with E-state index in [0.717, 1.165) is 17.7 Å². The maximum absolute atomic E-state index is 12.8. The van der Waals surface area contributed by atoms with Crippen LogP contribution in [0.4, 0.5) is 23.7 Å². The van der Waals surface area contributed by atoms with Gasteiger partial charge in [0.1, 0.15) is 6.07 Å². The molecule has 0 fully saturated rings. The van der Waals surface area contributed by atoms with E-state index in [2.05, 4.69) is 15.4 Å². The van der Waals surface area contributed by atoms with E-state index in [4.69, 9.17) is 16.9 Å². The molecule has 3 aromatic rings. The molecule has 33 heavy (non-hydrogen) atoms. The minimum atomic E-state index is -4.46. The minimum Gasteiger partial charge on any atom is -0.306 e. The average Bonchev–Trinajstić information content (AvgIpc) is 3.25. The fourth-order valence-electron chi connectivity index (χ4n) is 3.35. The molecular weight excluding hydrogens is 455 g/mol. The molecule has 0 saturated carbocycles. The van der Waals surface area contributed by atoms with E-state index in [9.17, 15) is 18.0 Å². The number of carbonyl (C=O) groups is 1. The summed E-state index contributed by atoms with van der Waals surface area (Å²) in [6, 6.07) is 15.8. The van der Waals surface area contributed by atoms with Crippen LogP contribution in [0.15, 0.2) is 72.0 Å². The molecule has 1 unspecified atom stereocenters. The Morgan fingerprint density at radius 3 is 2.36 bits per heavy atom. The van der Waals surface area contributed by atoms with Crippen molar-refractivity contribution in [1.82, 2.24) is 9.99 Å². The van der Waals surface area contributed by atoms with E-state index in [1.807, 2.05) is 6.07 Å². The minimum absolute atomic E-state index is 0.156. The predicted octanol–water partition coefficient (Wildman–Crippen LogP) is 5.66. The molecule has 4 rings (SSSR count). The van der Waals surface area contributed by atoms with Crippen LogP contribution in [0.5, 0.6) is 0 Å². The van der Waals surface area contributed by atoms with Gasteiger partial charge in [0.15, 0.2) is 0 Å². The second-order valence-electron chi connectivity index (χ2n) is 7.22. The van der Waals surface area contributed by atoms with E-state index in [0.29, 0.717) is 22.0 Å². The van der Waals surface area contributed by atoms with Gasteiger partial charge < -0.3 is 5.32 Å². The summed E-state index contributed by atoms with van der Waals surface area (Å²) in [4.78, 5) is 17.1. The highest BCUT2D eigenvalue weighted by Crippen LogP contribution is 2.31. The van der Waals surface area contributed by atoms with Gasteiger partial charge in [0.25, 0.3) is 0 Å². The van der Waals surface area contributed by atoms with Crippen LogP contribution in [0.25, 0.3) is 0 Å². The Labute approximate surface area is 191 Å². The molecule has 0 radical (unpaired) electrons. The summed E-state index contributed by atoms with van der Waals surface area (Å²) in [6.45, 7) is 0.156. The van der Waals surface area contributed by atoms with E-state index in [-0.39, 0.29) is 18.2 Å². The highest BCUT2D eigenvalue weighted by atomic mass is 35.5. The highest BCUT2D eigenvalue weighted by Gasteiger charge is 2.34. The number of benzene rings is 2. The van der Waals surface area contributed by atoms with Crippen molar-refractivity contribution in [2.24, 2.45) is 5.10 Å². The Kier molecular flexibility index (Phi) is 6.03. The smallest absolute Gasteiger partial charge is 0.306 e. The summed E-state index contributed by atoms with van der Waals surface area (Å²) in [7, 11) is 0. The Balaban J connectivity index is 1.59. The zero-order chi connectivity index (χ0) is 23.6. The second-order valence-corrected chi connectivity index (χ2v) is 7.65. The molecule has 0 spiro atoms. The van der Waals surface area contributed by atoms with Gasteiger partial charge in [0.05, 0.1) is 35.0 Å². The summed E-state index contributed by atoms with van der Waals surface area (Å²) in [5.74, 6) is -0.378. The Bertz CT molecular complexity index is 1230. The summed E-state index contributed by atoms with van der Waals surface area (Å²) in [5, 5.41) is 17.8. The lowest BCUT2D eigenvalue weighted by Crippen LogP contribution is -2.30. The molecule has 2 amide bonds. The van der Waals surface area contributed by atoms with Crippen molar-refractivity contribution < 1.29 is 18.0 Å². The quantitative estimate of drug-likeness (QED) is 0.537. The van der Waals surface area contributed by atoms with Gasteiger partial charge in [-0.2, -0.15) is 23.5 Å². The number of nitrogens with zero attached hydrogens (tertiary/aromatic N) is 4. The number of alkyl halides is 3. The van der Waals surface area contributed by atoms with Crippen molar-refractivity contribution in [3.63, 3.8) is 0 Å². The molecule has 166 valence electrons. The summed E-state index contributed by atoms with van der Waals surface area (Å²) < 4.78 is 38.3. The lowest BCUT2D eigenvalue weighted by molar-refractivity contribution is -0.137. The third kappa shape index (κ3) is 4.96.